The summed E-state index contributed by atoms with van der Waals surface area (Å²) in [5.41, 5.74) is 0. The lowest BCUT2D eigenvalue weighted by Crippen LogP contribution is -2.54. The molecule has 3 heterocycles. The average molecular weight is 295 g/mol. The summed E-state index contributed by atoms with van der Waals surface area (Å²) in [6.07, 6.45) is 2.87. The first-order chi connectivity index (χ1) is 10.2. The fraction of sp³-hybridized carbons (Fsp3) is 0.867. The van der Waals surface area contributed by atoms with Crippen LogP contribution in [0.4, 0.5) is 0 Å². The first-order valence-corrected chi connectivity index (χ1v) is 8.11. The van der Waals surface area contributed by atoms with E-state index >= 15 is 0 Å². The van der Waals surface area contributed by atoms with Gasteiger partial charge in [-0.15, -0.1) is 0 Å². The SMILES string of the molecule is CCCNC1COCC1C(=O)N1CCCC2C(=O)NCC21. The topological polar surface area (TPSA) is 70.7 Å². The molecule has 0 spiro atoms. The number of rotatable bonds is 4. The molecule has 118 valence electrons. The number of nitrogens with one attached hydrogen (secondary N) is 2. The number of nitrogens with zero attached hydrogens (tertiary/aromatic N) is 1. The number of hydrogen-bond acceptors (Lipinski definition) is 4. The van der Waals surface area contributed by atoms with Crippen molar-refractivity contribution in [3.63, 3.8) is 0 Å². The molecule has 4 atom stereocenters. The zero-order valence-corrected chi connectivity index (χ0v) is 12.6. The highest BCUT2D eigenvalue weighted by molar-refractivity contribution is 5.85. The van der Waals surface area contributed by atoms with Crippen molar-refractivity contribution in [3.05, 3.63) is 0 Å². The number of carbonyl (C=O) groups excluding carboxylic acids is 2. The Kier molecular flexibility index (Phi) is 4.45. The molecular weight excluding hydrogens is 270 g/mol. The van der Waals surface area contributed by atoms with Crippen LogP contribution in [0, 0.1) is 11.8 Å². The summed E-state index contributed by atoms with van der Waals surface area (Å²) in [6.45, 7) is 5.50. The van der Waals surface area contributed by atoms with Crippen molar-refractivity contribution in [2.45, 2.75) is 38.3 Å². The van der Waals surface area contributed by atoms with Crippen molar-refractivity contribution in [1.29, 1.82) is 0 Å². The third kappa shape index (κ3) is 2.79. The molecule has 0 aromatic rings. The molecule has 4 unspecified atom stereocenters. The Labute approximate surface area is 125 Å². The van der Waals surface area contributed by atoms with Crippen LogP contribution in [-0.4, -0.2) is 61.6 Å². The minimum Gasteiger partial charge on any atom is -0.379 e. The molecule has 3 saturated heterocycles. The molecular formula is C15H25N3O3. The summed E-state index contributed by atoms with van der Waals surface area (Å²) >= 11 is 0. The zero-order chi connectivity index (χ0) is 14.8. The molecule has 0 bridgehead atoms. The van der Waals surface area contributed by atoms with Gasteiger partial charge in [0.05, 0.1) is 31.1 Å². The van der Waals surface area contributed by atoms with E-state index in [2.05, 4.69) is 17.6 Å². The minimum absolute atomic E-state index is 0.00734. The highest BCUT2D eigenvalue weighted by Gasteiger charge is 2.45. The molecule has 3 aliphatic heterocycles. The number of likely N-dealkylation sites (tertiary alicyclic amines) is 1. The molecule has 0 aromatic carbocycles. The third-order valence-corrected chi connectivity index (χ3v) is 4.94. The Morgan fingerprint density at radius 1 is 1.48 bits per heavy atom. The van der Waals surface area contributed by atoms with Gasteiger partial charge in [-0.1, -0.05) is 6.92 Å². The van der Waals surface area contributed by atoms with E-state index in [0.29, 0.717) is 19.8 Å². The predicted molar refractivity (Wildman–Crippen MR) is 77.6 cm³/mol. The van der Waals surface area contributed by atoms with E-state index < -0.39 is 0 Å². The van der Waals surface area contributed by atoms with Crippen LogP contribution in [-0.2, 0) is 14.3 Å². The van der Waals surface area contributed by atoms with Gasteiger partial charge >= 0.3 is 0 Å². The highest BCUT2D eigenvalue weighted by atomic mass is 16.5. The number of carbonyl (C=O) groups is 2. The van der Waals surface area contributed by atoms with Crippen molar-refractivity contribution in [3.8, 4) is 0 Å². The van der Waals surface area contributed by atoms with Crippen molar-refractivity contribution in [2.75, 3.05) is 32.8 Å². The van der Waals surface area contributed by atoms with E-state index in [0.717, 1.165) is 32.4 Å². The molecule has 3 rings (SSSR count). The van der Waals surface area contributed by atoms with Crippen LogP contribution in [0.1, 0.15) is 26.2 Å². The van der Waals surface area contributed by atoms with Gasteiger partial charge in [0.15, 0.2) is 0 Å². The summed E-state index contributed by atoms with van der Waals surface area (Å²) in [5, 5.41) is 6.32. The Morgan fingerprint density at radius 2 is 2.33 bits per heavy atom. The van der Waals surface area contributed by atoms with E-state index in [4.69, 9.17) is 4.74 Å². The van der Waals surface area contributed by atoms with Gasteiger partial charge in [-0.2, -0.15) is 0 Å². The maximum atomic E-state index is 12.9. The second-order valence-corrected chi connectivity index (χ2v) is 6.30. The summed E-state index contributed by atoms with van der Waals surface area (Å²) < 4.78 is 5.52. The lowest BCUT2D eigenvalue weighted by atomic mass is 9.89. The molecule has 0 saturated carbocycles. The van der Waals surface area contributed by atoms with Gasteiger partial charge in [0, 0.05) is 19.1 Å². The average Bonchev–Trinajstić information content (AvgIpc) is 3.11. The first-order valence-electron chi connectivity index (χ1n) is 8.11. The molecule has 6 heteroatoms. The molecule has 0 aromatic heterocycles. The standard InChI is InChI=1S/C15H25N3O3/c1-2-5-16-12-9-21-8-11(12)15(20)18-6-3-4-10-13(18)7-17-14(10)19/h10-13,16H,2-9H2,1H3,(H,17,19). The van der Waals surface area contributed by atoms with Gasteiger partial charge in [-0.25, -0.2) is 0 Å². The van der Waals surface area contributed by atoms with E-state index in [1.807, 2.05) is 4.90 Å². The third-order valence-electron chi connectivity index (χ3n) is 4.94. The molecule has 0 radical (unpaired) electrons. The van der Waals surface area contributed by atoms with Gasteiger partial charge < -0.3 is 20.3 Å². The van der Waals surface area contributed by atoms with Gasteiger partial charge in [-0.05, 0) is 25.8 Å². The summed E-state index contributed by atoms with van der Waals surface area (Å²) in [5.74, 6) is 0.159. The number of hydrogen-bond donors (Lipinski definition) is 2. The van der Waals surface area contributed by atoms with Gasteiger partial charge in [0.1, 0.15) is 0 Å². The Morgan fingerprint density at radius 3 is 3.14 bits per heavy atom. The van der Waals surface area contributed by atoms with Crippen molar-refractivity contribution in [2.24, 2.45) is 11.8 Å². The fourth-order valence-corrected chi connectivity index (χ4v) is 3.77. The van der Waals surface area contributed by atoms with Crippen LogP contribution in [0.25, 0.3) is 0 Å². The number of ether oxygens (including phenoxy) is 1. The van der Waals surface area contributed by atoms with Crippen molar-refractivity contribution < 1.29 is 14.3 Å². The lowest BCUT2D eigenvalue weighted by molar-refractivity contribution is -0.141. The quantitative estimate of drug-likeness (QED) is 0.749. The van der Waals surface area contributed by atoms with Gasteiger partial charge in [0.25, 0.3) is 0 Å². The zero-order valence-electron chi connectivity index (χ0n) is 12.6. The molecule has 2 N–H and O–H groups in total. The summed E-state index contributed by atoms with van der Waals surface area (Å²) in [4.78, 5) is 26.6. The monoisotopic (exact) mass is 295 g/mol. The summed E-state index contributed by atoms with van der Waals surface area (Å²) in [6, 6.07) is 0.161. The number of fused-ring (bicyclic) bond motifs is 1. The molecule has 3 fully saturated rings. The van der Waals surface area contributed by atoms with Crippen LogP contribution < -0.4 is 10.6 Å². The van der Waals surface area contributed by atoms with Gasteiger partial charge in [-0.3, -0.25) is 9.59 Å². The van der Waals surface area contributed by atoms with Crippen LogP contribution in [0.15, 0.2) is 0 Å². The molecule has 2 amide bonds. The van der Waals surface area contributed by atoms with Crippen LogP contribution in [0.2, 0.25) is 0 Å². The second kappa shape index (κ2) is 6.32. The number of piperidine rings is 1. The van der Waals surface area contributed by atoms with Gasteiger partial charge in [0.2, 0.25) is 11.8 Å². The maximum absolute atomic E-state index is 12.9. The highest BCUT2D eigenvalue weighted by Crippen LogP contribution is 2.30. The predicted octanol–water partition coefficient (Wildman–Crippen LogP) is -0.262. The van der Waals surface area contributed by atoms with Crippen LogP contribution in [0.5, 0.6) is 0 Å². The molecule has 21 heavy (non-hydrogen) atoms. The Balaban J connectivity index is 1.67. The second-order valence-electron chi connectivity index (χ2n) is 6.30. The number of amides is 2. The van der Waals surface area contributed by atoms with E-state index in [-0.39, 0.29) is 35.7 Å². The summed E-state index contributed by atoms with van der Waals surface area (Å²) in [7, 11) is 0. The molecule has 3 aliphatic rings. The van der Waals surface area contributed by atoms with Crippen LogP contribution in [0.3, 0.4) is 0 Å². The van der Waals surface area contributed by atoms with Crippen LogP contribution >= 0.6 is 0 Å². The minimum atomic E-state index is -0.106. The normalized spacial score (nSPS) is 35.7. The Bertz CT molecular complexity index is 415. The molecule has 0 aliphatic carbocycles. The Hall–Kier alpha value is -1.14. The fourth-order valence-electron chi connectivity index (χ4n) is 3.77. The largest absolute Gasteiger partial charge is 0.379 e. The van der Waals surface area contributed by atoms with Crippen molar-refractivity contribution >= 4 is 11.8 Å². The first kappa shape index (κ1) is 14.8. The van der Waals surface area contributed by atoms with Crippen molar-refractivity contribution in [1.82, 2.24) is 15.5 Å². The maximum Gasteiger partial charge on any atom is 0.230 e. The van der Waals surface area contributed by atoms with E-state index in [1.54, 1.807) is 0 Å². The van der Waals surface area contributed by atoms with E-state index in [1.165, 1.54) is 0 Å². The lowest BCUT2D eigenvalue weighted by Gasteiger charge is -2.38. The smallest absolute Gasteiger partial charge is 0.230 e. The van der Waals surface area contributed by atoms with E-state index in [9.17, 15) is 9.59 Å². The molecule has 6 nitrogen and oxygen atoms in total.